The molecule has 0 aromatic rings. The standard InChI is InChI=1S/C7H15NO2S/c1-3-7-6-8(2)4-5-11(7,9)10/h7H,3-6H2,1-2H3. The third-order valence-corrected chi connectivity index (χ3v) is 4.49. The monoisotopic (exact) mass is 177 g/mol. The summed E-state index contributed by atoms with van der Waals surface area (Å²) in [5, 5.41) is -0.124. The lowest BCUT2D eigenvalue weighted by molar-refractivity contribution is 0.329. The molecular weight excluding hydrogens is 162 g/mol. The fraction of sp³-hybridized carbons (Fsp3) is 1.00. The molecular formula is C7H15NO2S. The van der Waals surface area contributed by atoms with Crippen molar-refractivity contribution in [1.82, 2.24) is 4.90 Å². The van der Waals surface area contributed by atoms with Gasteiger partial charge in [-0.15, -0.1) is 0 Å². The quantitative estimate of drug-likeness (QED) is 0.571. The highest BCUT2D eigenvalue weighted by Crippen LogP contribution is 2.13. The van der Waals surface area contributed by atoms with Crippen LogP contribution in [0.15, 0.2) is 0 Å². The van der Waals surface area contributed by atoms with Crippen LogP contribution in [0.2, 0.25) is 0 Å². The second-order valence-electron chi connectivity index (χ2n) is 3.16. The van der Waals surface area contributed by atoms with E-state index in [0.29, 0.717) is 18.8 Å². The van der Waals surface area contributed by atoms with Gasteiger partial charge < -0.3 is 4.90 Å². The van der Waals surface area contributed by atoms with E-state index in [2.05, 4.69) is 4.90 Å². The first-order chi connectivity index (χ1) is 5.06. The van der Waals surface area contributed by atoms with Gasteiger partial charge in [-0.1, -0.05) is 6.92 Å². The molecule has 0 saturated carbocycles. The van der Waals surface area contributed by atoms with Gasteiger partial charge >= 0.3 is 0 Å². The summed E-state index contributed by atoms with van der Waals surface area (Å²) in [6.07, 6.45) is 0.743. The predicted octanol–water partition coefficient (Wildman–Crippen LogP) is 0.125. The fourth-order valence-electron chi connectivity index (χ4n) is 1.39. The molecule has 1 fully saturated rings. The molecule has 0 aliphatic carbocycles. The SMILES string of the molecule is CCC1CN(C)CCS1(=O)=O. The highest BCUT2D eigenvalue weighted by Gasteiger charge is 2.29. The van der Waals surface area contributed by atoms with Gasteiger partial charge in [0.25, 0.3) is 0 Å². The van der Waals surface area contributed by atoms with Gasteiger partial charge in [-0.3, -0.25) is 0 Å². The van der Waals surface area contributed by atoms with Gasteiger partial charge in [0.15, 0.2) is 9.84 Å². The Balaban J connectivity index is 2.72. The first-order valence-electron chi connectivity index (χ1n) is 3.96. The van der Waals surface area contributed by atoms with Crippen LogP contribution in [0, 0.1) is 0 Å². The minimum atomic E-state index is -2.75. The van der Waals surface area contributed by atoms with Crippen molar-refractivity contribution in [1.29, 1.82) is 0 Å². The van der Waals surface area contributed by atoms with Crippen LogP contribution >= 0.6 is 0 Å². The molecule has 0 aromatic carbocycles. The van der Waals surface area contributed by atoms with Crippen molar-refractivity contribution in [3.8, 4) is 0 Å². The zero-order valence-electron chi connectivity index (χ0n) is 7.08. The molecule has 1 saturated heterocycles. The average Bonchev–Trinajstić information content (AvgIpc) is 1.94. The first kappa shape index (κ1) is 9.00. The topological polar surface area (TPSA) is 37.4 Å². The Morgan fingerprint density at radius 3 is 2.64 bits per heavy atom. The van der Waals surface area contributed by atoms with Gasteiger partial charge in [-0.2, -0.15) is 0 Å². The highest BCUT2D eigenvalue weighted by atomic mass is 32.2. The van der Waals surface area contributed by atoms with E-state index in [1.54, 1.807) is 0 Å². The van der Waals surface area contributed by atoms with Crippen molar-refractivity contribution < 1.29 is 8.42 Å². The minimum Gasteiger partial charge on any atom is -0.304 e. The van der Waals surface area contributed by atoms with Crippen LogP contribution in [0.1, 0.15) is 13.3 Å². The van der Waals surface area contributed by atoms with Crippen molar-refractivity contribution in [2.24, 2.45) is 0 Å². The lowest BCUT2D eigenvalue weighted by atomic mass is 10.3. The zero-order valence-corrected chi connectivity index (χ0v) is 7.89. The van der Waals surface area contributed by atoms with Crippen LogP contribution in [-0.4, -0.2) is 44.5 Å². The summed E-state index contributed by atoms with van der Waals surface area (Å²) in [4.78, 5) is 2.08. The molecule has 11 heavy (non-hydrogen) atoms. The van der Waals surface area contributed by atoms with Gasteiger partial charge in [-0.05, 0) is 13.5 Å². The van der Waals surface area contributed by atoms with Gasteiger partial charge in [0.2, 0.25) is 0 Å². The van der Waals surface area contributed by atoms with Gasteiger partial charge in [0.05, 0.1) is 11.0 Å². The second-order valence-corrected chi connectivity index (χ2v) is 5.56. The Hall–Kier alpha value is -0.0900. The normalized spacial score (nSPS) is 32.0. The summed E-state index contributed by atoms with van der Waals surface area (Å²) >= 11 is 0. The van der Waals surface area contributed by atoms with Crippen LogP contribution in [0.5, 0.6) is 0 Å². The molecule has 1 unspecified atom stereocenters. The van der Waals surface area contributed by atoms with E-state index in [4.69, 9.17) is 0 Å². The Morgan fingerprint density at radius 1 is 1.55 bits per heavy atom. The summed E-state index contributed by atoms with van der Waals surface area (Å²) in [5.41, 5.74) is 0. The van der Waals surface area contributed by atoms with Crippen molar-refractivity contribution in [2.45, 2.75) is 18.6 Å². The first-order valence-corrected chi connectivity index (χ1v) is 5.68. The Morgan fingerprint density at radius 2 is 2.18 bits per heavy atom. The molecule has 0 amide bonds. The average molecular weight is 177 g/mol. The van der Waals surface area contributed by atoms with Crippen molar-refractivity contribution in [3.63, 3.8) is 0 Å². The molecule has 66 valence electrons. The third-order valence-electron chi connectivity index (χ3n) is 2.24. The van der Waals surface area contributed by atoms with Crippen molar-refractivity contribution >= 4 is 9.84 Å². The molecule has 1 atom stereocenters. The molecule has 0 radical (unpaired) electrons. The van der Waals surface area contributed by atoms with E-state index in [1.165, 1.54) is 0 Å². The number of rotatable bonds is 1. The second kappa shape index (κ2) is 3.11. The molecule has 1 rings (SSSR count). The lowest BCUT2D eigenvalue weighted by Gasteiger charge is -2.28. The van der Waals surface area contributed by atoms with E-state index in [-0.39, 0.29) is 5.25 Å². The van der Waals surface area contributed by atoms with Gasteiger partial charge in [0, 0.05) is 13.1 Å². The molecule has 0 spiro atoms. The zero-order chi connectivity index (χ0) is 8.48. The van der Waals surface area contributed by atoms with Crippen LogP contribution in [0.4, 0.5) is 0 Å². The Kier molecular flexibility index (Phi) is 2.54. The van der Waals surface area contributed by atoms with Crippen molar-refractivity contribution in [3.05, 3.63) is 0 Å². The summed E-state index contributed by atoms with van der Waals surface area (Å²) in [6.45, 7) is 3.33. The van der Waals surface area contributed by atoms with E-state index >= 15 is 0 Å². The number of hydrogen-bond donors (Lipinski definition) is 0. The van der Waals surface area contributed by atoms with E-state index in [1.807, 2.05) is 14.0 Å². The number of sulfone groups is 1. The van der Waals surface area contributed by atoms with Gasteiger partial charge in [-0.25, -0.2) is 8.42 Å². The summed E-state index contributed by atoms with van der Waals surface area (Å²) in [6, 6.07) is 0. The summed E-state index contributed by atoms with van der Waals surface area (Å²) in [5.74, 6) is 0.335. The van der Waals surface area contributed by atoms with E-state index in [0.717, 1.165) is 6.42 Å². The number of hydrogen-bond acceptors (Lipinski definition) is 3. The molecule has 3 nitrogen and oxygen atoms in total. The molecule has 0 bridgehead atoms. The third kappa shape index (κ3) is 1.93. The smallest absolute Gasteiger partial charge is 0.155 e. The lowest BCUT2D eigenvalue weighted by Crippen LogP contribution is -2.44. The maximum atomic E-state index is 11.3. The predicted molar refractivity (Wildman–Crippen MR) is 45.4 cm³/mol. The molecule has 0 aromatic heterocycles. The van der Waals surface area contributed by atoms with E-state index < -0.39 is 9.84 Å². The van der Waals surface area contributed by atoms with Crippen molar-refractivity contribution in [2.75, 3.05) is 25.9 Å². The summed E-state index contributed by atoms with van der Waals surface area (Å²) < 4.78 is 22.7. The molecule has 1 aliphatic heterocycles. The molecule has 0 N–H and O–H groups in total. The number of nitrogens with zero attached hydrogens (tertiary/aromatic N) is 1. The van der Waals surface area contributed by atoms with Crippen LogP contribution < -0.4 is 0 Å². The van der Waals surface area contributed by atoms with Crippen LogP contribution in [0.25, 0.3) is 0 Å². The fourth-order valence-corrected chi connectivity index (χ4v) is 3.27. The molecule has 1 aliphatic rings. The van der Waals surface area contributed by atoms with Gasteiger partial charge in [0.1, 0.15) is 0 Å². The Labute approximate surface area is 68.3 Å². The van der Waals surface area contributed by atoms with Crippen LogP contribution in [-0.2, 0) is 9.84 Å². The Bertz CT molecular complexity index is 223. The van der Waals surface area contributed by atoms with Crippen LogP contribution in [0.3, 0.4) is 0 Å². The molecule has 4 heteroatoms. The maximum absolute atomic E-state index is 11.3. The largest absolute Gasteiger partial charge is 0.304 e. The summed E-state index contributed by atoms with van der Waals surface area (Å²) in [7, 11) is -0.779. The van der Waals surface area contributed by atoms with E-state index in [9.17, 15) is 8.42 Å². The minimum absolute atomic E-state index is 0.124. The molecule has 1 heterocycles. The maximum Gasteiger partial charge on any atom is 0.155 e. The highest BCUT2D eigenvalue weighted by molar-refractivity contribution is 7.92.